The third-order valence-corrected chi connectivity index (χ3v) is 4.03. The summed E-state index contributed by atoms with van der Waals surface area (Å²) in [6, 6.07) is 14.0. The smallest absolute Gasteiger partial charge is 0.253 e. The maximum Gasteiger partial charge on any atom is 0.253 e. The fourth-order valence-corrected chi connectivity index (χ4v) is 2.81. The molecule has 0 spiro atoms. The first-order valence-electron chi connectivity index (χ1n) is 7.78. The summed E-state index contributed by atoms with van der Waals surface area (Å²) in [5, 5.41) is 6.40. The number of aromatic nitrogens is 1. The third-order valence-electron chi connectivity index (χ3n) is 4.03. The lowest BCUT2D eigenvalue weighted by Gasteiger charge is -2.24. The molecule has 0 aliphatic carbocycles. The van der Waals surface area contributed by atoms with E-state index in [2.05, 4.69) is 15.6 Å². The summed E-state index contributed by atoms with van der Waals surface area (Å²) in [5.74, 6) is -0.0293. The highest BCUT2D eigenvalue weighted by Crippen LogP contribution is 2.18. The van der Waals surface area contributed by atoms with Crippen LogP contribution in [0.25, 0.3) is 11.3 Å². The number of nitrogens with one attached hydrogen (secondary N) is 2. The number of rotatable bonds is 3. The molecule has 1 aromatic heterocycles. The van der Waals surface area contributed by atoms with E-state index in [9.17, 15) is 4.79 Å². The van der Waals surface area contributed by atoms with Gasteiger partial charge in [0.05, 0.1) is 17.0 Å². The van der Waals surface area contributed by atoms with Crippen molar-refractivity contribution >= 4 is 30.7 Å². The zero-order valence-corrected chi connectivity index (χ0v) is 15.3. The van der Waals surface area contributed by atoms with Crippen LogP contribution >= 0.6 is 24.8 Å². The lowest BCUT2D eigenvalue weighted by molar-refractivity contribution is 0.0929. The van der Waals surface area contributed by atoms with Gasteiger partial charge in [-0.2, -0.15) is 0 Å². The van der Waals surface area contributed by atoms with Crippen LogP contribution in [0.2, 0.25) is 0 Å². The Morgan fingerprint density at radius 3 is 2.54 bits per heavy atom. The second kappa shape index (κ2) is 9.62. The number of benzene rings is 1. The van der Waals surface area contributed by atoms with Gasteiger partial charge in [-0.3, -0.25) is 9.78 Å². The first-order valence-corrected chi connectivity index (χ1v) is 7.78. The molecule has 1 fully saturated rings. The number of hydrogen-bond donors (Lipinski definition) is 2. The molecule has 2 aromatic rings. The monoisotopic (exact) mass is 367 g/mol. The molecule has 4 nitrogen and oxygen atoms in total. The average molecular weight is 368 g/mol. The molecule has 2 N–H and O–H groups in total. The van der Waals surface area contributed by atoms with Gasteiger partial charge in [-0.25, -0.2) is 0 Å². The Morgan fingerprint density at radius 1 is 1.17 bits per heavy atom. The van der Waals surface area contributed by atoms with Crippen molar-refractivity contribution in [3.05, 3.63) is 53.7 Å². The van der Waals surface area contributed by atoms with E-state index >= 15 is 0 Å². The van der Waals surface area contributed by atoms with Crippen LogP contribution in [0.15, 0.2) is 42.5 Å². The molecule has 1 aliphatic rings. The van der Waals surface area contributed by atoms with Gasteiger partial charge in [-0.05, 0) is 38.4 Å². The van der Waals surface area contributed by atoms with Gasteiger partial charge >= 0.3 is 0 Å². The van der Waals surface area contributed by atoms with Crippen LogP contribution < -0.4 is 10.6 Å². The molecule has 3 rings (SSSR count). The molecule has 24 heavy (non-hydrogen) atoms. The van der Waals surface area contributed by atoms with Gasteiger partial charge < -0.3 is 10.6 Å². The summed E-state index contributed by atoms with van der Waals surface area (Å²) >= 11 is 0. The van der Waals surface area contributed by atoms with Gasteiger partial charge in [0.15, 0.2) is 0 Å². The Labute approximate surface area is 155 Å². The van der Waals surface area contributed by atoms with E-state index < -0.39 is 0 Å². The van der Waals surface area contributed by atoms with Gasteiger partial charge in [0.1, 0.15) is 0 Å². The minimum atomic E-state index is -0.0293. The number of pyridine rings is 1. The minimum absolute atomic E-state index is 0. The minimum Gasteiger partial charge on any atom is -0.348 e. The Kier molecular flexibility index (Phi) is 8.19. The molecule has 1 amide bonds. The molecule has 0 bridgehead atoms. The van der Waals surface area contributed by atoms with Crippen molar-refractivity contribution in [2.75, 3.05) is 13.1 Å². The highest BCUT2D eigenvalue weighted by atomic mass is 35.5. The number of piperidine rings is 1. The van der Waals surface area contributed by atoms with Crippen LogP contribution in [0.4, 0.5) is 0 Å². The summed E-state index contributed by atoms with van der Waals surface area (Å²) < 4.78 is 0. The second-order valence-electron chi connectivity index (χ2n) is 5.71. The number of aryl methyl sites for hydroxylation is 1. The van der Waals surface area contributed by atoms with Crippen molar-refractivity contribution in [2.24, 2.45) is 0 Å². The van der Waals surface area contributed by atoms with Gasteiger partial charge in [0.25, 0.3) is 5.91 Å². The van der Waals surface area contributed by atoms with Crippen molar-refractivity contribution in [3.8, 4) is 11.3 Å². The fourth-order valence-electron chi connectivity index (χ4n) is 2.81. The molecular weight excluding hydrogens is 345 g/mol. The Bertz CT molecular complexity index is 659. The average Bonchev–Trinajstić information content (AvgIpc) is 2.56. The third kappa shape index (κ3) is 4.94. The maximum absolute atomic E-state index is 12.4. The molecule has 1 aliphatic heterocycles. The highest BCUT2D eigenvalue weighted by molar-refractivity contribution is 5.95. The molecule has 130 valence electrons. The zero-order valence-electron chi connectivity index (χ0n) is 13.6. The van der Waals surface area contributed by atoms with Gasteiger partial charge in [0, 0.05) is 18.2 Å². The Hall–Kier alpha value is -1.62. The maximum atomic E-state index is 12.4. The van der Waals surface area contributed by atoms with Gasteiger partial charge in [-0.1, -0.05) is 30.3 Å². The molecule has 1 unspecified atom stereocenters. The van der Waals surface area contributed by atoms with Crippen LogP contribution in [-0.4, -0.2) is 30.0 Å². The van der Waals surface area contributed by atoms with E-state index in [1.165, 1.54) is 0 Å². The van der Waals surface area contributed by atoms with E-state index in [0.717, 1.165) is 42.9 Å². The summed E-state index contributed by atoms with van der Waals surface area (Å²) in [7, 11) is 0. The molecule has 1 atom stereocenters. The number of halogens is 2. The van der Waals surface area contributed by atoms with E-state index in [1.807, 2.05) is 49.4 Å². The summed E-state index contributed by atoms with van der Waals surface area (Å²) in [5.41, 5.74) is 3.39. The molecule has 2 heterocycles. The normalized spacial score (nSPS) is 16.5. The predicted octanol–water partition coefficient (Wildman–Crippen LogP) is 3.38. The van der Waals surface area contributed by atoms with Gasteiger partial charge in [0.2, 0.25) is 0 Å². The molecule has 0 saturated carbocycles. The molecule has 1 saturated heterocycles. The summed E-state index contributed by atoms with van der Waals surface area (Å²) in [6.07, 6.45) is 2.14. The van der Waals surface area contributed by atoms with Gasteiger partial charge in [-0.15, -0.1) is 24.8 Å². The number of nitrogens with zero attached hydrogens (tertiary/aromatic N) is 1. The molecule has 0 radical (unpaired) electrons. The predicted molar refractivity (Wildman–Crippen MR) is 102 cm³/mol. The van der Waals surface area contributed by atoms with Crippen molar-refractivity contribution in [1.29, 1.82) is 0 Å². The van der Waals surface area contributed by atoms with Crippen LogP contribution in [0, 0.1) is 6.92 Å². The molecule has 6 heteroatoms. The van der Waals surface area contributed by atoms with Crippen molar-refractivity contribution < 1.29 is 4.79 Å². The van der Waals surface area contributed by atoms with Crippen LogP contribution in [0.1, 0.15) is 28.9 Å². The van der Waals surface area contributed by atoms with Crippen LogP contribution in [0.5, 0.6) is 0 Å². The van der Waals surface area contributed by atoms with E-state index in [1.54, 1.807) is 0 Å². The van der Waals surface area contributed by atoms with E-state index in [0.29, 0.717) is 5.56 Å². The van der Waals surface area contributed by atoms with Crippen molar-refractivity contribution in [2.45, 2.75) is 25.8 Å². The number of carbonyl (C=O) groups excluding carboxylic acids is 1. The van der Waals surface area contributed by atoms with Crippen LogP contribution in [-0.2, 0) is 0 Å². The lowest BCUT2D eigenvalue weighted by atomic mass is 10.1. The number of carbonyl (C=O) groups is 1. The Balaban J connectivity index is 0.00000144. The second-order valence-corrected chi connectivity index (χ2v) is 5.71. The SMILES string of the molecule is Cc1nc(-c2ccccc2)ccc1C(=O)NC1CCCNC1.Cl.Cl. The standard InChI is InChI=1S/C18H21N3O.2ClH/c1-13-16(18(22)21-15-8-5-11-19-12-15)9-10-17(20-13)14-6-3-2-4-7-14;;/h2-4,6-7,9-10,15,19H,5,8,11-12H2,1H3,(H,21,22);2*1H. The first-order chi connectivity index (χ1) is 10.7. The van der Waals surface area contributed by atoms with Crippen molar-refractivity contribution in [3.63, 3.8) is 0 Å². The molecule has 1 aromatic carbocycles. The van der Waals surface area contributed by atoms with Crippen molar-refractivity contribution in [1.82, 2.24) is 15.6 Å². The first kappa shape index (κ1) is 20.4. The number of amides is 1. The zero-order chi connectivity index (χ0) is 15.4. The summed E-state index contributed by atoms with van der Waals surface area (Å²) in [4.78, 5) is 17.0. The Morgan fingerprint density at radius 2 is 1.92 bits per heavy atom. The van der Waals surface area contributed by atoms with Crippen LogP contribution in [0.3, 0.4) is 0 Å². The molecular formula is C18H23Cl2N3O. The lowest BCUT2D eigenvalue weighted by Crippen LogP contribution is -2.45. The summed E-state index contributed by atoms with van der Waals surface area (Å²) in [6.45, 7) is 3.78. The largest absolute Gasteiger partial charge is 0.348 e. The van der Waals surface area contributed by atoms with E-state index in [4.69, 9.17) is 0 Å². The topological polar surface area (TPSA) is 54.0 Å². The fraction of sp³-hybridized carbons (Fsp3) is 0.333. The highest BCUT2D eigenvalue weighted by Gasteiger charge is 2.18. The number of hydrogen-bond acceptors (Lipinski definition) is 3. The quantitative estimate of drug-likeness (QED) is 0.873. The van der Waals surface area contributed by atoms with E-state index in [-0.39, 0.29) is 36.8 Å².